The van der Waals surface area contributed by atoms with Crippen LogP contribution in [0, 0.1) is 19.7 Å². The van der Waals surface area contributed by atoms with E-state index in [4.69, 9.17) is 11.6 Å². The van der Waals surface area contributed by atoms with Crippen molar-refractivity contribution in [2.75, 3.05) is 13.6 Å². The van der Waals surface area contributed by atoms with Crippen LogP contribution in [0.4, 0.5) is 4.39 Å². The van der Waals surface area contributed by atoms with E-state index in [2.05, 4.69) is 15.3 Å². The predicted octanol–water partition coefficient (Wildman–Crippen LogP) is 3.70. The van der Waals surface area contributed by atoms with Crippen molar-refractivity contribution in [2.24, 2.45) is 0 Å². The Hall–Kier alpha value is -1.52. The Morgan fingerprint density at radius 3 is 2.43 bits per heavy atom. The third-order valence-electron chi connectivity index (χ3n) is 3.45. The van der Waals surface area contributed by atoms with Gasteiger partial charge in [0.1, 0.15) is 5.82 Å². The lowest BCUT2D eigenvalue weighted by atomic mass is 10.1. The maximum absolute atomic E-state index is 13.2. The quantitative estimate of drug-likeness (QED) is 0.856. The van der Waals surface area contributed by atoms with Crippen LogP contribution in [0.2, 0.25) is 5.02 Å². The van der Waals surface area contributed by atoms with Gasteiger partial charge in [0.25, 0.3) is 0 Å². The molecule has 0 aliphatic heterocycles. The molecule has 0 aliphatic rings. The topological polar surface area (TPSA) is 37.8 Å². The molecule has 3 nitrogen and oxygen atoms in total. The molecule has 2 aromatic rings. The number of hydrogen-bond donors (Lipinski definition) is 1. The summed E-state index contributed by atoms with van der Waals surface area (Å²) in [4.78, 5) is 9.08. The lowest BCUT2D eigenvalue weighted by molar-refractivity contribution is 0.628. The van der Waals surface area contributed by atoms with Crippen LogP contribution in [0.15, 0.2) is 18.2 Å². The van der Waals surface area contributed by atoms with E-state index in [1.807, 2.05) is 20.9 Å². The number of nitrogens with one attached hydrogen (secondary N) is 1. The van der Waals surface area contributed by atoms with Crippen molar-refractivity contribution in [3.8, 4) is 11.4 Å². The van der Waals surface area contributed by atoms with Gasteiger partial charge in [-0.05, 0) is 64.0 Å². The van der Waals surface area contributed by atoms with Crippen molar-refractivity contribution in [1.29, 1.82) is 0 Å². The largest absolute Gasteiger partial charge is 0.320 e. The normalized spacial score (nSPS) is 10.9. The van der Waals surface area contributed by atoms with E-state index in [1.165, 1.54) is 11.6 Å². The first-order chi connectivity index (χ1) is 10.0. The van der Waals surface area contributed by atoms with Gasteiger partial charge < -0.3 is 5.32 Å². The van der Waals surface area contributed by atoms with Crippen molar-refractivity contribution in [3.63, 3.8) is 0 Å². The van der Waals surface area contributed by atoms with Crippen molar-refractivity contribution in [1.82, 2.24) is 15.3 Å². The van der Waals surface area contributed by atoms with Gasteiger partial charge in [0.15, 0.2) is 5.82 Å². The van der Waals surface area contributed by atoms with Gasteiger partial charge in [0.2, 0.25) is 0 Å². The summed E-state index contributed by atoms with van der Waals surface area (Å²) in [7, 11) is 1.94. The summed E-state index contributed by atoms with van der Waals surface area (Å²) < 4.78 is 13.2. The Kier molecular flexibility index (Phi) is 5.26. The number of benzene rings is 1. The summed E-state index contributed by atoms with van der Waals surface area (Å²) in [5.41, 5.74) is 3.85. The van der Waals surface area contributed by atoms with E-state index in [0.717, 1.165) is 36.3 Å². The highest BCUT2D eigenvalue weighted by Gasteiger charge is 2.11. The highest BCUT2D eigenvalue weighted by atomic mass is 35.5. The Bertz CT molecular complexity index is 620. The molecule has 0 radical (unpaired) electrons. The fraction of sp³-hybridized carbons (Fsp3) is 0.375. The smallest absolute Gasteiger partial charge is 0.159 e. The average Bonchev–Trinajstić information content (AvgIpc) is 2.44. The number of aromatic nitrogens is 2. The second-order valence-electron chi connectivity index (χ2n) is 5.03. The van der Waals surface area contributed by atoms with Gasteiger partial charge in [-0.15, -0.1) is 0 Å². The average molecular weight is 308 g/mol. The summed E-state index contributed by atoms with van der Waals surface area (Å²) in [6.07, 6.45) is 1.99. The molecule has 0 spiro atoms. The zero-order valence-corrected chi connectivity index (χ0v) is 13.3. The molecule has 0 fully saturated rings. The lowest BCUT2D eigenvalue weighted by Gasteiger charge is -2.11. The molecule has 0 bridgehead atoms. The van der Waals surface area contributed by atoms with Crippen molar-refractivity contribution in [3.05, 3.63) is 46.0 Å². The SMILES string of the molecule is CNCCCc1c(C)nc(-c2ccc(F)c(Cl)c2)nc1C. The zero-order chi connectivity index (χ0) is 15.4. The summed E-state index contributed by atoms with van der Waals surface area (Å²) >= 11 is 5.82. The standard InChI is InChI=1S/C16H19ClFN3/c1-10-13(5-4-8-19-3)11(2)21-16(20-10)12-6-7-15(18)14(17)9-12/h6-7,9,19H,4-5,8H2,1-3H3. The second-order valence-corrected chi connectivity index (χ2v) is 5.44. The summed E-state index contributed by atoms with van der Waals surface area (Å²) in [5.74, 6) is 0.154. The molecular formula is C16H19ClFN3. The molecule has 0 aliphatic carbocycles. The fourth-order valence-electron chi connectivity index (χ4n) is 2.31. The molecule has 0 atom stereocenters. The number of aryl methyl sites for hydroxylation is 2. The first-order valence-corrected chi connectivity index (χ1v) is 7.35. The highest BCUT2D eigenvalue weighted by molar-refractivity contribution is 6.31. The molecule has 1 aromatic heterocycles. The molecule has 112 valence electrons. The van der Waals surface area contributed by atoms with Crippen LogP contribution in [0.3, 0.4) is 0 Å². The van der Waals surface area contributed by atoms with Crippen LogP contribution < -0.4 is 5.32 Å². The van der Waals surface area contributed by atoms with Gasteiger partial charge in [-0.25, -0.2) is 14.4 Å². The van der Waals surface area contributed by atoms with E-state index in [9.17, 15) is 4.39 Å². The van der Waals surface area contributed by atoms with Crippen molar-refractivity contribution in [2.45, 2.75) is 26.7 Å². The van der Waals surface area contributed by atoms with Crippen LogP contribution in [-0.4, -0.2) is 23.6 Å². The van der Waals surface area contributed by atoms with Gasteiger partial charge in [-0.3, -0.25) is 0 Å². The van der Waals surface area contributed by atoms with Crippen molar-refractivity contribution >= 4 is 11.6 Å². The maximum atomic E-state index is 13.2. The molecule has 0 amide bonds. The maximum Gasteiger partial charge on any atom is 0.159 e. The summed E-state index contributed by atoms with van der Waals surface area (Å²) in [6.45, 7) is 4.93. The third-order valence-corrected chi connectivity index (χ3v) is 3.74. The molecule has 1 N–H and O–H groups in total. The molecular weight excluding hydrogens is 289 g/mol. The molecule has 5 heteroatoms. The highest BCUT2D eigenvalue weighted by Crippen LogP contribution is 2.24. The number of nitrogens with zero attached hydrogens (tertiary/aromatic N) is 2. The molecule has 0 unspecified atom stereocenters. The third kappa shape index (κ3) is 3.77. The van der Waals surface area contributed by atoms with E-state index in [1.54, 1.807) is 12.1 Å². The first kappa shape index (κ1) is 15.9. The minimum Gasteiger partial charge on any atom is -0.320 e. The predicted molar refractivity (Wildman–Crippen MR) is 84.2 cm³/mol. The van der Waals surface area contributed by atoms with E-state index in [-0.39, 0.29) is 5.02 Å². The summed E-state index contributed by atoms with van der Waals surface area (Å²) in [6, 6.07) is 4.55. The zero-order valence-electron chi connectivity index (χ0n) is 12.5. The van der Waals surface area contributed by atoms with Crippen molar-refractivity contribution < 1.29 is 4.39 Å². The first-order valence-electron chi connectivity index (χ1n) is 6.97. The molecule has 0 saturated heterocycles. The second kappa shape index (κ2) is 6.96. The van der Waals surface area contributed by atoms with Gasteiger partial charge in [-0.1, -0.05) is 11.6 Å². The molecule has 1 heterocycles. The molecule has 2 rings (SSSR count). The van der Waals surface area contributed by atoms with E-state index >= 15 is 0 Å². The van der Waals surface area contributed by atoms with Crippen LogP contribution >= 0.6 is 11.6 Å². The van der Waals surface area contributed by atoms with Gasteiger partial charge >= 0.3 is 0 Å². The Morgan fingerprint density at radius 1 is 1.19 bits per heavy atom. The van der Waals surface area contributed by atoms with Crippen LogP contribution in [0.25, 0.3) is 11.4 Å². The van der Waals surface area contributed by atoms with E-state index < -0.39 is 5.82 Å². The Balaban J connectivity index is 2.32. The monoisotopic (exact) mass is 307 g/mol. The van der Waals surface area contributed by atoms with Crippen LogP contribution in [0.5, 0.6) is 0 Å². The number of halogens is 2. The molecule has 21 heavy (non-hydrogen) atoms. The summed E-state index contributed by atoms with van der Waals surface area (Å²) in [5, 5.41) is 3.22. The molecule has 1 aromatic carbocycles. The van der Waals surface area contributed by atoms with E-state index in [0.29, 0.717) is 5.82 Å². The Morgan fingerprint density at radius 2 is 1.86 bits per heavy atom. The Labute approximate surface area is 129 Å². The van der Waals surface area contributed by atoms with Crippen LogP contribution in [-0.2, 0) is 6.42 Å². The number of rotatable bonds is 5. The lowest BCUT2D eigenvalue weighted by Crippen LogP contribution is -2.10. The van der Waals surface area contributed by atoms with Crippen LogP contribution in [0.1, 0.15) is 23.4 Å². The van der Waals surface area contributed by atoms with Gasteiger partial charge in [0, 0.05) is 17.0 Å². The minimum absolute atomic E-state index is 0.0875. The fourth-order valence-corrected chi connectivity index (χ4v) is 2.49. The van der Waals surface area contributed by atoms with Gasteiger partial charge in [-0.2, -0.15) is 0 Å². The minimum atomic E-state index is -0.433. The molecule has 0 saturated carbocycles. The number of hydrogen-bond acceptors (Lipinski definition) is 3. The van der Waals surface area contributed by atoms with Gasteiger partial charge in [0.05, 0.1) is 5.02 Å².